The summed E-state index contributed by atoms with van der Waals surface area (Å²) in [7, 11) is -2.25. The zero-order valence-electron chi connectivity index (χ0n) is 12.0. The molecule has 1 amide bonds. The lowest BCUT2D eigenvalue weighted by Gasteiger charge is -2.33. The highest BCUT2D eigenvalue weighted by Gasteiger charge is 2.29. The Balaban J connectivity index is 2.43. The SMILES string of the molecule is COS(=O)(=O)CC1CCN(C(=O)OC(C)(C)C)CC1. The molecule has 112 valence electrons. The average Bonchev–Trinajstić information content (AvgIpc) is 2.27. The second kappa shape index (κ2) is 6.09. The Morgan fingerprint density at radius 1 is 1.26 bits per heavy atom. The first-order valence-electron chi connectivity index (χ1n) is 6.39. The van der Waals surface area contributed by atoms with Crippen LogP contribution in [0.4, 0.5) is 4.79 Å². The van der Waals surface area contributed by atoms with Crippen LogP contribution in [0.15, 0.2) is 0 Å². The summed E-state index contributed by atoms with van der Waals surface area (Å²) >= 11 is 0. The first kappa shape index (κ1) is 16.2. The number of carbonyl (C=O) groups is 1. The summed E-state index contributed by atoms with van der Waals surface area (Å²) < 4.78 is 32.4. The molecular weight excluding hydrogens is 270 g/mol. The van der Waals surface area contributed by atoms with Gasteiger partial charge in [-0.25, -0.2) is 4.79 Å². The number of amides is 1. The van der Waals surface area contributed by atoms with Crippen LogP contribution in [0.2, 0.25) is 0 Å². The van der Waals surface area contributed by atoms with Gasteiger partial charge in [-0.3, -0.25) is 4.18 Å². The molecule has 0 saturated carbocycles. The molecule has 0 aliphatic carbocycles. The van der Waals surface area contributed by atoms with Gasteiger partial charge < -0.3 is 9.64 Å². The van der Waals surface area contributed by atoms with Crippen molar-refractivity contribution >= 4 is 16.2 Å². The smallest absolute Gasteiger partial charge is 0.410 e. The van der Waals surface area contributed by atoms with Gasteiger partial charge in [0, 0.05) is 13.1 Å². The minimum atomic E-state index is -3.42. The standard InChI is InChI=1S/C12H23NO5S/c1-12(2,3)18-11(14)13-7-5-10(6-8-13)9-19(15,16)17-4/h10H,5-9H2,1-4H3. The normalized spacial score (nSPS) is 18.4. The highest BCUT2D eigenvalue weighted by Crippen LogP contribution is 2.21. The number of hydrogen-bond acceptors (Lipinski definition) is 5. The monoisotopic (exact) mass is 293 g/mol. The molecule has 1 aliphatic rings. The van der Waals surface area contributed by atoms with E-state index in [9.17, 15) is 13.2 Å². The first-order chi connectivity index (χ1) is 8.63. The Kier molecular flexibility index (Phi) is 5.20. The highest BCUT2D eigenvalue weighted by molar-refractivity contribution is 7.86. The lowest BCUT2D eigenvalue weighted by molar-refractivity contribution is 0.0190. The van der Waals surface area contributed by atoms with Crippen molar-refractivity contribution in [3.8, 4) is 0 Å². The second-order valence-corrected chi connectivity index (χ2v) is 7.58. The van der Waals surface area contributed by atoms with E-state index in [0.29, 0.717) is 25.9 Å². The van der Waals surface area contributed by atoms with E-state index in [-0.39, 0.29) is 17.8 Å². The summed E-state index contributed by atoms with van der Waals surface area (Å²) in [6.07, 6.45) is 0.976. The Hall–Kier alpha value is -0.820. The summed E-state index contributed by atoms with van der Waals surface area (Å²) in [5.74, 6) is 0.0645. The number of ether oxygens (including phenoxy) is 1. The predicted octanol–water partition coefficient (Wildman–Crippen LogP) is 1.61. The molecule has 0 bridgehead atoms. The van der Waals surface area contributed by atoms with Gasteiger partial charge in [-0.1, -0.05) is 0 Å². The summed E-state index contributed by atoms with van der Waals surface area (Å²) in [4.78, 5) is 13.4. The van der Waals surface area contributed by atoms with Crippen LogP contribution in [0.25, 0.3) is 0 Å². The van der Waals surface area contributed by atoms with Crippen LogP contribution >= 0.6 is 0 Å². The van der Waals surface area contributed by atoms with Gasteiger partial charge in [0.2, 0.25) is 0 Å². The van der Waals surface area contributed by atoms with Crippen LogP contribution in [0.3, 0.4) is 0 Å². The zero-order chi connectivity index (χ0) is 14.7. The molecule has 0 unspecified atom stereocenters. The maximum atomic E-state index is 11.8. The third kappa shape index (κ3) is 5.78. The molecule has 0 atom stereocenters. The van der Waals surface area contributed by atoms with Gasteiger partial charge in [-0.2, -0.15) is 8.42 Å². The third-order valence-electron chi connectivity index (χ3n) is 2.96. The molecule has 6 nitrogen and oxygen atoms in total. The molecule has 1 heterocycles. The fraction of sp³-hybridized carbons (Fsp3) is 0.917. The van der Waals surface area contributed by atoms with Crippen molar-refractivity contribution in [3.05, 3.63) is 0 Å². The van der Waals surface area contributed by atoms with Gasteiger partial charge >= 0.3 is 6.09 Å². The molecule has 1 aliphatic heterocycles. The zero-order valence-corrected chi connectivity index (χ0v) is 12.8. The van der Waals surface area contributed by atoms with E-state index in [4.69, 9.17) is 4.74 Å². The van der Waals surface area contributed by atoms with Crippen LogP contribution < -0.4 is 0 Å². The molecule has 0 N–H and O–H groups in total. The summed E-state index contributed by atoms with van der Waals surface area (Å²) in [5, 5.41) is 0. The van der Waals surface area contributed by atoms with E-state index in [2.05, 4.69) is 4.18 Å². The van der Waals surface area contributed by atoms with Crippen molar-refractivity contribution < 1.29 is 22.1 Å². The number of rotatable bonds is 3. The Morgan fingerprint density at radius 2 is 1.79 bits per heavy atom. The summed E-state index contributed by atoms with van der Waals surface area (Å²) in [5.41, 5.74) is -0.507. The quantitative estimate of drug-likeness (QED) is 0.739. The van der Waals surface area contributed by atoms with Gasteiger partial charge in [0.05, 0.1) is 12.9 Å². The summed E-state index contributed by atoms with van der Waals surface area (Å²) in [6, 6.07) is 0. The van der Waals surface area contributed by atoms with Crippen LogP contribution in [0.1, 0.15) is 33.6 Å². The van der Waals surface area contributed by atoms with Gasteiger partial charge in [-0.05, 0) is 39.5 Å². The molecule has 0 aromatic rings. The molecule has 7 heteroatoms. The molecule has 0 aromatic carbocycles. The number of nitrogens with zero attached hydrogens (tertiary/aromatic N) is 1. The van der Waals surface area contributed by atoms with Gasteiger partial charge in [0.25, 0.3) is 10.1 Å². The van der Waals surface area contributed by atoms with E-state index in [0.717, 1.165) is 0 Å². The van der Waals surface area contributed by atoms with Gasteiger partial charge in [0.1, 0.15) is 5.60 Å². The molecule has 0 aromatic heterocycles. The molecule has 19 heavy (non-hydrogen) atoms. The molecular formula is C12H23NO5S. The Bertz CT molecular complexity index is 404. The average molecular weight is 293 g/mol. The fourth-order valence-corrected chi connectivity index (χ4v) is 3.01. The van der Waals surface area contributed by atoms with Crippen molar-refractivity contribution in [1.29, 1.82) is 0 Å². The number of hydrogen-bond donors (Lipinski definition) is 0. The lowest BCUT2D eigenvalue weighted by atomic mass is 9.99. The van der Waals surface area contributed by atoms with Crippen LogP contribution in [-0.4, -0.2) is 51.0 Å². The third-order valence-corrected chi connectivity index (χ3v) is 4.35. The van der Waals surface area contributed by atoms with Crippen LogP contribution in [-0.2, 0) is 19.0 Å². The van der Waals surface area contributed by atoms with Crippen LogP contribution in [0.5, 0.6) is 0 Å². The van der Waals surface area contributed by atoms with Crippen molar-refractivity contribution in [3.63, 3.8) is 0 Å². The van der Waals surface area contributed by atoms with E-state index >= 15 is 0 Å². The van der Waals surface area contributed by atoms with E-state index in [1.54, 1.807) is 4.90 Å². The van der Waals surface area contributed by atoms with Crippen LogP contribution in [0, 0.1) is 5.92 Å². The number of piperidine rings is 1. The Labute approximate surface area is 115 Å². The van der Waals surface area contributed by atoms with Crippen molar-refractivity contribution in [1.82, 2.24) is 4.90 Å². The summed E-state index contributed by atoms with van der Waals surface area (Å²) in [6.45, 7) is 6.52. The maximum absolute atomic E-state index is 11.8. The predicted molar refractivity (Wildman–Crippen MR) is 71.3 cm³/mol. The largest absolute Gasteiger partial charge is 0.444 e. The van der Waals surface area contributed by atoms with E-state index in [1.807, 2.05) is 20.8 Å². The minimum Gasteiger partial charge on any atom is -0.444 e. The lowest BCUT2D eigenvalue weighted by Crippen LogP contribution is -2.42. The van der Waals surface area contributed by atoms with Gasteiger partial charge in [0.15, 0.2) is 0 Å². The Morgan fingerprint density at radius 3 is 2.21 bits per heavy atom. The maximum Gasteiger partial charge on any atom is 0.410 e. The second-order valence-electron chi connectivity index (χ2n) is 5.80. The molecule has 1 fully saturated rings. The number of carbonyl (C=O) groups excluding carboxylic acids is 1. The minimum absolute atomic E-state index is 0.0195. The van der Waals surface area contributed by atoms with Crippen molar-refractivity contribution in [2.45, 2.75) is 39.2 Å². The van der Waals surface area contributed by atoms with Crippen molar-refractivity contribution in [2.24, 2.45) is 5.92 Å². The molecule has 0 radical (unpaired) electrons. The number of likely N-dealkylation sites (tertiary alicyclic amines) is 1. The molecule has 1 saturated heterocycles. The molecule has 0 spiro atoms. The fourth-order valence-electron chi connectivity index (χ4n) is 1.97. The molecule has 1 rings (SSSR count). The first-order valence-corrected chi connectivity index (χ1v) is 7.97. The highest BCUT2D eigenvalue weighted by atomic mass is 32.2. The van der Waals surface area contributed by atoms with Gasteiger partial charge in [-0.15, -0.1) is 0 Å². The van der Waals surface area contributed by atoms with E-state index < -0.39 is 15.7 Å². The van der Waals surface area contributed by atoms with Crippen molar-refractivity contribution in [2.75, 3.05) is 26.0 Å². The van der Waals surface area contributed by atoms with E-state index in [1.165, 1.54) is 7.11 Å². The topological polar surface area (TPSA) is 72.9 Å².